The summed E-state index contributed by atoms with van der Waals surface area (Å²) in [6, 6.07) is 10.9. The first-order valence-electron chi connectivity index (χ1n) is 8.94. The minimum atomic E-state index is -0.343. The third-order valence-electron chi connectivity index (χ3n) is 4.34. The van der Waals surface area contributed by atoms with E-state index in [9.17, 15) is 4.79 Å². The van der Waals surface area contributed by atoms with Gasteiger partial charge in [-0.2, -0.15) is 11.8 Å². The fourth-order valence-corrected chi connectivity index (χ4v) is 5.26. The number of carbonyl (C=O) groups excluding carboxylic acids is 1. The van der Waals surface area contributed by atoms with Gasteiger partial charge in [-0.15, -0.1) is 0 Å². The van der Waals surface area contributed by atoms with Gasteiger partial charge in [-0.05, 0) is 29.8 Å². The van der Waals surface area contributed by atoms with Crippen LogP contribution in [0.25, 0.3) is 0 Å². The molecule has 8 heteroatoms. The Morgan fingerprint density at radius 1 is 0.966 bits per heavy atom. The van der Waals surface area contributed by atoms with Gasteiger partial charge in [-0.3, -0.25) is 4.79 Å². The van der Waals surface area contributed by atoms with E-state index in [1.807, 2.05) is 18.2 Å². The fourth-order valence-electron chi connectivity index (χ4n) is 2.86. The number of hydrogen-bond donors (Lipinski definition) is 1. The quantitative estimate of drug-likeness (QED) is 0.265. The maximum Gasteiger partial charge on any atom is 0.180 e. The molecular formula is C21H26INO5S. The minimum Gasteiger partial charge on any atom is -0.497 e. The van der Waals surface area contributed by atoms with Crippen molar-refractivity contribution < 1.29 is 23.7 Å². The van der Waals surface area contributed by atoms with Gasteiger partial charge in [0, 0.05) is 23.6 Å². The molecule has 0 spiro atoms. The molecule has 0 aliphatic heterocycles. The fraction of sp³-hybridized carbons (Fsp3) is 0.381. The van der Waals surface area contributed by atoms with Gasteiger partial charge in [0.2, 0.25) is 0 Å². The molecule has 2 atom stereocenters. The molecule has 2 rings (SSSR count). The molecule has 2 N–H and O–H groups in total. The van der Waals surface area contributed by atoms with Crippen molar-refractivity contribution in [2.75, 3.05) is 40.7 Å². The second-order valence-corrected chi connectivity index (χ2v) is 8.62. The number of hydrogen-bond acceptors (Lipinski definition) is 7. The Kier molecular flexibility index (Phi) is 9.38. The standard InChI is InChI=1S/C21H26INO5S/c1-25-14-6-7-15(17(12-14)27-3)20(24)19(22)21(29-10-9-23)13-5-8-16(26-2)18(11-13)28-4/h5-8,11-12,19,21H,9-10,23H2,1-4H3. The highest BCUT2D eigenvalue weighted by atomic mass is 127. The molecule has 6 nitrogen and oxygen atoms in total. The van der Waals surface area contributed by atoms with Gasteiger partial charge in [0.1, 0.15) is 11.5 Å². The van der Waals surface area contributed by atoms with Crippen molar-refractivity contribution in [2.45, 2.75) is 9.17 Å². The van der Waals surface area contributed by atoms with Gasteiger partial charge in [0.15, 0.2) is 17.3 Å². The predicted octanol–water partition coefficient (Wildman–Crippen LogP) is 4.14. The Labute approximate surface area is 189 Å². The Morgan fingerprint density at radius 3 is 2.24 bits per heavy atom. The van der Waals surface area contributed by atoms with E-state index in [0.717, 1.165) is 11.3 Å². The Hall–Kier alpha value is -1.65. The molecule has 0 aromatic heterocycles. The Bertz CT molecular complexity index is 833. The summed E-state index contributed by atoms with van der Waals surface area (Å²) in [6.45, 7) is 0.526. The van der Waals surface area contributed by atoms with Gasteiger partial charge in [-0.25, -0.2) is 0 Å². The molecule has 0 saturated carbocycles. The first-order chi connectivity index (χ1) is 14.0. The topological polar surface area (TPSA) is 80.0 Å². The highest BCUT2D eigenvalue weighted by molar-refractivity contribution is 14.1. The summed E-state index contributed by atoms with van der Waals surface area (Å²) in [5, 5.41) is -0.113. The number of benzene rings is 2. The van der Waals surface area contributed by atoms with E-state index in [1.54, 1.807) is 58.4 Å². The molecule has 2 aromatic carbocycles. The first-order valence-corrected chi connectivity index (χ1v) is 11.2. The smallest absolute Gasteiger partial charge is 0.180 e. The van der Waals surface area contributed by atoms with E-state index in [2.05, 4.69) is 22.6 Å². The van der Waals surface area contributed by atoms with Gasteiger partial charge >= 0.3 is 0 Å². The van der Waals surface area contributed by atoms with E-state index in [-0.39, 0.29) is 15.0 Å². The van der Waals surface area contributed by atoms with Crippen LogP contribution in [-0.4, -0.2) is 50.4 Å². The molecule has 0 heterocycles. The Morgan fingerprint density at radius 2 is 1.66 bits per heavy atom. The van der Waals surface area contributed by atoms with Crippen molar-refractivity contribution in [1.29, 1.82) is 0 Å². The van der Waals surface area contributed by atoms with E-state index >= 15 is 0 Å². The summed E-state index contributed by atoms with van der Waals surface area (Å²) in [5.74, 6) is 3.11. The molecule has 2 aromatic rings. The van der Waals surface area contributed by atoms with Gasteiger partial charge in [-0.1, -0.05) is 28.7 Å². The molecule has 0 aliphatic carbocycles. The lowest BCUT2D eigenvalue weighted by Crippen LogP contribution is -2.22. The van der Waals surface area contributed by atoms with Crippen LogP contribution in [0.2, 0.25) is 0 Å². The highest BCUT2D eigenvalue weighted by Crippen LogP contribution is 2.42. The molecule has 158 valence electrons. The lowest BCUT2D eigenvalue weighted by Gasteiger charge is -2.23. The third-order valence-corrected chi connectivity index (χ3v) is 7.49. The number of carbonyl (C=O) groups is 1. The molecule has 0 fully saturated rings. The van der Waals surface area contributed by atoms with Crippen LogP contribution >= 0.6 is 34.4 Å². The van der Waals surface area contributed by atoms with Crippen molar-refractivity contribution in [3.8, 4) is 23.0 Å². The van der Waals surface area contributed by atoms with Crippen LogP contribution in [0.5, 0.6) is 23.0 Å². The van der Waals surface area contributed by atoms with Crippen molar-refractivity contribution in [1.82, 2.24) is 0 Å². The SMILES string of the molecule is COc1ccc(C(=O)C(I)C(SCCN)c2ccc(OC)c(OC)c2)c(OC)c1. The average molecular weight is 531 g/mol. The molecule has 0 amide bonds. The molecule has 29 heavy (non-hydrogen) atoms. The zero-order valence-corrected chi connectivity index (χ0v) is 19.9. The van der Waals surface area contributed by atoms with Crippen LogP contribution < -0.4 is 24.7 Å². The summed E-state index contributed by atoms with van der Waals surface area (Å²) >= 11 is 3.84. The number of nitrogens with two attached hydrogens (primary N) is 1. The monoisotopic (exact) mass is 531 g/mol. The van der Waals surface area contributed by atoms with E-state index < -0.39 is 0 Å². The number of ketones is 1. The normalized spacial score (nSPS) is 12.8. The van der Waals surface area contributed by atoms with Crippen molar-refractivity contribution in [3.63, 3.8) is 0 Å². The van der Waals surface area contributed by atoms with Crippen LogP contribution in [0.3, 0.4) is 0 Å². The summed E-state index contributed by atoms with van der Waals surface area (Å²) in [4.78, 5) is 13.4. The maximum atomic E-state index is 13.4. The molecule has 0 saturated heterocycles. The molecule has 0 aliphatic rings. The number of alkyl halides is 1. The third kappa shape index (κ3) is 5.70. The van der Waals surface area contributed by atoms with Crippen molar-refractivity contribution in [2.24, 2.45) is 5.73 Å². The zero-order valence-electron chi connectivity index (χ0n) is 16.9. The molecule has 2 unspecified atom stereocenters. The molecule has 0 bridgehead atoms. The van der Waals surface area contributed by atoms with Crippen LogP contribution in [0.1, 0.15) is 21.2 Å². The van der Waals surface area contributed by atoms with Gasteiger partial charge in [0.25, 0.3) is 0 Å². The summed E-state index contributed by atoms with van der Waals surface area (Å²) in [6.07, 6.45) is 0. The summed E-state index contributed by atoms with van der Waals surface area (Å²) < 4.78 is 21.1. The lowest BCUT2D eigenvalue weighted by atomic mass is 10.0. The largest absolute Gasteiger partial charge is 0.497 e. The number of methoxy groups -OCH3 is 4. The number of rotatable bonds is 11. The van der Waals surface area contributed by atoms with Crippen LogP contribution in [0, 0.1) is 0 Å². The average Bonchev–Trinajstić information content (AvgIpc) is 2.77. The van der Waals surface area contributed by atoms with Crippen LogP contribution in [0.4, 0.5) is 0 Å². The minimum absolute atomic E-state index is 0.0191. The predicted molar refractivity (Wildman–Crippen MR) is 125 cm³/mol. The summed E-state index contributed by atoms with van der Waals surface area (Å²) in [5.41, 5.74) is 7.23. The highest BCUT2D eigenvalue weighted by Gasteiger charge is 2.30. The van der Waals surface area contributed by atoms with E-state index in [4.69, 9.17) is 24.7 Å². The lowest BCUT2D eigenvalue weighted by molar-refractivity contribution is 0.0990. The number of Topliss-reactive ketones (excluding diaryl/α,β-unsaturated/α-hetero) is 1. The van der Waals surface area contributed by atoms with E-state index in [0.29, 0.717) is 35.1 Å². The van der Waals surface area contributed by atoms with Gasteiger partial charge in [0.05, 0.1) is 37.9 Å². The van der Waals surface area contributed by atoms with Crippen LogP contribution in [-0.2, 0) is 0 Å². The Balaban J connectivity index is 2.41. The second kappa shape index (κ2) is 11.5. The molecular weight excluding hydrogens is 505 g/mol. The molecule has 0 radical (unpaired) electrons. The first kappa shape index (κ1) is 23.6. The maximum absolute atomic E-state index is 13.4. The van der Waals surface area contributed by atoms with Crippen LogP contribution in [0.15, 0.2) is 36.4 Å². The number of ether oxygens (including phenoxy) is 4. The van der Waals surface area contributed by atoms with Crippen molar-refractivity contribution in [3.05, 3.63) is 47.5 Å². The zero-order chi connectivity index (χ0) is 21.4. The van der Waals surface area contributed by atoms with Gasteiger partial charge < -0.3 is 24.7 Å². The van der Waals surface area contributed by atoms with E-state index in [1.165, 1.54) is 0 Å². The van der Waals surface area contributed by atoms with Crippen molar-refractivity contribution >= 4 is 40.1 Å². The number of thioether (sulfide) groups is 1. The summed E-state index contributed by atoms with van der Waals surface area (Å²) in [7, 11) is 6.31. The second-order valence-electron chi connectivity index (χ2n) is 6.03. The number of halogens is 1.